The van der Waals surface area contributed by atoms with E-state index in [4.69, 9.17) is 0 Å². The molecule has 0 spiro atoms. The number of hydrogen-bond acceptors (Lipinski definition) is 2. The molecule has 0 aromatic carbocycles. The van der Waals surface area contributed by atoms with E-state index in [9.17, 15) is 0 Å². The van der Waals surface area contributed by atoms with Crippen molar-refractivity contribution in [2.75, 3.05) is 13.1 Å². The molecule has 1 saturated heterocycles. The fraction of sp³-hybridized carbons (Fsp3) is 0.417. The second kappa shape index (κ2) is 4.91. The lowest BCUT2D eigenvalue weighted by atomic mass is 10.1. The highest BCUT2D eigenvalue weighted by atomic mass is 14.8. The summed E-state index contributed by atoms with van der Waals surface area (Å²) in [5.74, 6) is 0. The van der Waals surface area contributed by atoms with Crippen molar-refractivity contribution in [2.45, 2.75) is 19.3 Å². The molecular weight excluding hydrogens is 172 g/mol. The van der Waals surface area contributed by atoms with Crippen molar-refractivity contribution in [1.29, 1.82) is 0 Å². The largest absolute Gasteiger partial charge is 0.313 e. The first kappa shape index (κ1) is 9.41. The molecule has 0 amide bonds. The normalized spacial score (nSPS) is 20.7. The van der Waals surface area contributed by atoms with Crippen molar-refractivity contribution in [3.8, 4) is 0 Å². The van der Waals surface area contributed by atoms with Gasteiger partial charge in [-0.1, -0.05) is 11.6 Å². The van der Waals surface area contributed by atoms with Crippen molar-refractivity contribution >= 4 is 6.08 Å². The zero-order valence-corrected chi connectivity index (χ0v) is 8.37. The van der Waals surface area contributed by atoms with Gasteiger partial charge in [0.15, 0.2) is 0 Å². The SMILES string of the molecule is C(=C1CCCCNC1)c1ccncc1. The monoisotopic (exact) mass is 188 g/mol. The zero-order chi connectivity index (χ0) is 9.64. The van der Waals surface area contributed by atoms with Crippen molar-refractivity contribution in [3.63, 3.8) is 0 Å². The molecule has 1 N–H and O–H groups in total. The van der Waals surface area contributed by atoms with E-state index < -0.39 is 0 Å². The first-order valence-corrected chi connectivity index (χ1v) is 5.25. The molecule has 14 heavy (non-hydrogen) atoms. The van der Waals surface area contributed by atoms with Crippen LogP contribution in [0.3, 0.4) is 0 Å². The summed E-state index contributed by atoms with van der Waals surface area (Å²) in [4.78, 5) is 4.01. The Bertz CT molecular complexity index is 293. The van der Waals surface area contributed by atoms with Gasteiger partial charge in [0.2, 0.25) is 0 Å². The van der Waals surface area contributed by atoms with Crippen molar-refractivity contribution < 1.29 is 0 Å². The third-order valence-electron chi connectivity index (χ3n) is 2.53. The molecule has 0 atom stereocenters. The Morgan fingerprint density at radius 3 is 2.93 bits per heavy atom. The first-order valence-electron chi connectivity index (χ1n) is 5.25. The smallest absolute Gasteiger partial charge is 0.0273 e. The molecule has 1 fully saturated rings. The van der Waals surface area contributed by atoms with Crippen LogP contribution in [0.15, 0.2) is 30.1 Å². The van der Waals surface area contributed by atoms with E-state index in [-0.39, 0.29) is 0 Å². The molecule has 1 aromatic heterocycles. The van der Waals surface area contributed by atoms with Crippen LogP contribution in [0.2, 0.25) is 0 Å². The van der Waals surface area contributed by atoms with Crippen LogP contribution >= 0.6 is 0 Å². The molecule has 2 heteroatoms. The van der Waals surface area contributed by atoms with Crippen LogP contribution in [0.4, 0.5) is 0 Å². The number of pyridine rings is 1. The van der Waals surface area contributed by atoms with Crippen molar-refractivity contribution in [1.82, 2.24) is 10.3 Å². The standard InChI is InChI=1S/C12H16N2/c1-2-6-14-10-12(3-1)9-11-4-7-13-8-5-11/h4-5,7-9,14H,1-3,6,10H2. The summed E-state index contributed by atoms with van der Waals surface area (Å²) in [5.41, 5.74) is 2.77. The first-order chi connectivity index (χ1) is 6.95. The minimum absolute atomic E-state index is 1.04. The van der Waals surface area contributed by atoms with Crippen LogP contribution in [-0.4, -0.2) is 18.1 Å². The van der Waals surface area contributed by atoms with Gasteiger partial charge in [0.1, 0.15) is 0 Å². The number of nitrogens with one attached hydrogen (secondary N) is 1. The summed E-state index contributed by atoms with van der Waals surface area (Å²) in [6.07, 6.45) is 9.81. The number of nitrogens with zero attached hydrogens (tertiary/aromatic N) is 1. The van der Waals surface area contributed by atoms with Crippen LogP contribution in [0.1, 0.15) is 24.8 Å². The number of hydrogen-bond donors (Lipinski definition) is 1. The quantitative estimate of drug-likeness (QED) is 0.731. The molecule has 1 aromatic rings. The molecule has 0 saturated carbocycles. The average Bonchev–Trinajstić information content (AvgIpc) is 2.48. The molecule has 0 radical (unpaired) electrons. The highest BCUT2D eigenvalue weighted by Gasteiger charge is 2.02. The van der Waals surface area contributed by atoms with Gasteiger partial charge in [-0.15, -0.1) is 0 Å². The average molecular weight is 188 g/mol. The van der Waals surface area contributed by atoms with E-state index in [1.807, 2.05) is 12.4 Å². The van der Waals surface area contributed by atoms with E-state index >= 15 is 0 Å². The molecule has 2 heterocycles. The Hall–Kier alpha value is -1.15. The van der Waals surface area contributed by atoms with Gasteiger partial charge in [-0.05, 0) is 43.5 Å². The van der Waals surface area contributed by atoms with Gasteiger partial charge < -0.3 is 5.32 Å². The summed E-state index contributed by atoms with van der Waals surface area (Å²) in [7, 11) is 0. The molecule has 1 aliphatic rings. The van der Waals surface area contributed by atoms with E-state index in [1.165, 1.54) is 30.4 Å². The maximum absolute atomic E-state index is 4.01. The molecule has 74 valence electrons. The van der Waals surface area contributed by atoms with E-state index in [1.54, 1.807) is 0 Å². The Balaban J connectivity index is 2.09. The Labute approximate surface area is 85.1 Å². The Morgan fingerprint density at radius 2 is 2.07 bits per heavy atom. The fourth-order valence-electron chi connectivity index (χ4n) is 1.76. The third-order valence-corrected chi connectivity index (χ3v) is 2.53. The summed E-state index contributed by atoms with van der Waals surface area (Å²) >= 11 is 0. The molecule has 1 aliphatic heterocycles. The van der Waals surface area contributed by atoms with Crippen molar-refractivity contribution in [2.24, 2.45) is 0 Å². The molecule has 0 aliphatic carbocycles. The maximum Gasteiger partial charge on any atom is 0.0273 e. The molecule has 0 unspecified atom stereocenters. The predicted octanol–water partition coefficient (Wildman–Crippen LogP) is 2.24. The van der Waals surface area contributed by atoms with Crippen LogP contribution in [0, 0.1) is 0 Å². The van der Waals surface area contributed by atoms with Gasteiger partial charge in [0, 0.05) is 18.9 Å². The van der Waals surface area contributed by atoms with Gasteiger partial charge in [0.25, 0.3) is 0 Å². The summed E-state index contributed by atoms with van der Waals surface area (Å²) < 4.78 is 0. The van der Waals surface area contributed by atoms with Crippen LogP contribution in [-0.2, 0) is 0 Å². The highest BCUT2D eigenvalue weighted by molar-refractivity contribution is 5.52. The van der Waals surface area contributed by atoms with Gasteiger partial charge >= 0.3 is 0 Å². The second-order valence-electron chi connectivity index (χ2n) is 3.72. The van der Waals surface area contributed by atoms with E-state index in [0.29, 0.717) is 0 Å². The molecule has 2 rings (SSSR count). The number of aromatic nitrogens is 1. The molecule has 2 nitrogen and oxygen atoms in total. The zero-order valence-electron chi connectivity index (χ0n) is 8.37. The van der Waals surface area contributed by atoms with E-state index in [2.05, 4.69) is 28.5 Å². The van der Waals surface area contributed by atoms with Crippen molar-refractivity contribution in [3.05, 3.63) is 35.7 Å². The lowest BCUT2D eigenvalue weighted by Gasteiger charge is -2.02. The van der Waals surface area contributed by atoms with Gasteiger partial charge in [-0.25, -0.2) is 0 Å². The molecular formula is C12H16N2. The maximum atomic E-state index is 4.01. The minimum atomic E-state index is 1.04. The molecule has 0 bridgehead atoms. The lowest BCUT2D eigenvalue weighted by molar-refractivity contribution is 0.710. The predicted molar refractivity (Wildman–Crippen MR) is 58.9 cm³/mol. The van der Waals surface area contributed by atoms with Gasteiger partial charge in [-0.2, -0.15) is 0 Å². The van der Waals surface area contributed by atoms with Crippen LogP contribution in [0.25, 0.3) is 6.08 Å². The topological polar surface area (TPSA) is 24.9 Å². The summed E-state index contributed by atoms with van der Waals surface area (Å²) in [5, 5.41) is 3.43. The number of rotatable bonds is 1. The van der Waals surface area contributed by atoms with E-state index in [0.717, 1.165) is 13.1 Å². The van der Waals surface area contributed by atoms with Crippen LogP contribution in [0.5, 0.6) is 0 Å². The summed E-state index contributed by atoms with van der Waals surface area (Å²) in [6, 6.07) is 4.11. The lowest BCUT2D eigenvalue weighted by Crippen LogP contribution is -2.14. The Morgan fingerprint density at radius 1 is 1.21 bits per heavy atom. The minimum Gasteiger partial charge on any atom is -0.313 e. The summed E-state index contributed by atoms with van der Waals surface area (Å²) in [6.45, 7) is 2.20. The van der Waals surface area contributed by atoms with Gasteiger partial charge in [-0.3, -0.25) is 4.98 Å². The Kier molecular flexibility index (Phi) is 3.30. The highest BCUT2D eigenvalue weighted by Crippen LogP contribution is 2.13. The third kappa shape index (κ3) is 2.67. The fourth-order valence-corrected chi connectivity index (χ4v) is 1.76. The second-order valence-corrected chi connectivity index (χ2v) is 3.72. The van der Waals surface area contributed by atoms with Crippen LogP contribution < -0.4 is 5.32 Å². The van der Waals surface area contributed by atoms with Gasteiger partial charge in [0.05, 0.1) is 0 Å².